The van der Waals surface area contributed by atoms with E-state index in [9.17, 15) is 24.3 Å². The van der Waals surface area contributed by atoms with Crippen molar-refractivity contribution >= 4 is 35.5 Å². The number of carboxylic acid groups (broad SMARTS) is 1. The summed E-state index contributed by atoms with van der Waals surface area (Å²) in [5.74, 6) is -1.57. The number of carboxylic acids is 1. The van der Waals surface area contributed by atoms with Crippen LogP contribution >= 0.6 is 11.8 Å². The highest BCUT2D eigenvalue weighted by atomic mass is 32.2. The maximum atomic E-state index is 13.2. The summed E-state index contributed by atoms with van der Waals surface area (Å²) in [7, 11) is 0. The standard InChI is InChI=1S/C22H41N5O5S/c1-14(2)13-17(21(30)27-11-6-8-18(27)22(31)32)26-20(29)16(9-12-33-3)25-19(28)15(24)7-4-5-10-23/h14-18H,4-13,23-24H2,1-3H3,(H,25,28)(H,26,29)(H,31,32). The van der Waals surface area contributed by atoms with Crippen LogP contribution in [0.1, 0.15) is 58.8 Å². The molecule has 0 aromatic heterocycles. The van der Waals surface area contributed by atoms with Gasteiger partial charge in [0.05, 0.1) is 6.04 Å². The number of thioether (sulfide) groups is 1. The van der Waals surface area contributed by atoms with E-state index in [4.69, 9.17) is 11.5 Å². The fraction of sp³-hybridized carbons (Fsp3) is 0.818. The number of amides is 3. The van der Waals surface area contributed by atoms with Crippen LogP contribution in [-0.2, 0) is 19.2 Å². The molecule has 3 amide bonds. The molecule has 0 aliphatic carbocycles. The average Bonchev–Trinajstić information content (AvgIpc) is 3.25. The summed E-state index contributed by atoms with van der Waals surface area (Å²) in [6, 6.07) is -3.30. The van der Waals surface area contributed by atoms with Gasteiger partial charge >= 0.3 is 5.97 Å². The van der Waals surface area contributed by atoms with E-state index >= 15 is 0 Å². The first kappa shape index (κ1) is 29.2. The molecule has 1 fully saturated rings. The van der Waals surface area contributed by atoms with Crippen LogP contribution in [0.3, 0.4) is 0 Å². The van der Waals surface area contributed by atoms with Gasteiger partial charge in [-0.3, -0.25) is 14.4 Å². The Labute approximate surface area is 200 Å². The maximum Gasteiger partial charge on any atom is 0.326 e. The van der Waals surface area contributed by atoms with E-state index in [1.165, 1.54) is 4.90 Å². The summed E-state index contributed by atoms with van der Waals surface area (Å²) < 4.78 is 0. The highest BCUT2D eigenvalue weighted by molar-refractivity contribution is 7.98. The second kappa shape index (κ2) is 15.1. The minimum Gasteiger partial charge on any atom is -0.480 e. The summed E-state index contributed by atoms with van der Waals surface area (Å²) in [4.78, 5) is 51.7. The lowest BCUT2D eigenvalue weighted by Crippen LogP contribution is -2.57. The van der Waals surface area contributed by atoms with Crippen LogP contribution in [-0.4, -0.2) is 83.0 Å². The molecular formula is C22H41N5O5S. The van der Waals surface area contributed by atoms with Crippen molar-refractivity contribution in [3.63, 3.8) is 0 Å². The van der Waals surface area contributed by atoms with E-state index in [0.717, 1.165) is 12.8 Å². The van der Waals surface area contributed by atoms with Gasteiger partial charge < -0.3 is 32.1 Å². The van der Waals surface area contributed by atoms with Gasteiger partial charge in [-0.05, 0) is 63.0 Å². The topological polar surface area (TPSA) is 168 Å². The van der Waals surface area contributed by atoms with Crippen molar-refractivity contribution < 1.29 is 24.3 Å². The number of carbonyl (C=O) groups is 4. The van der Waals surface area contributed by atoms with Crippen molar-refractivity contribution in [3.05, 3.63) is 0 Å². The fourth-order valence-electron chi connectivity index (χ4n) is 3.88. The quantitative estimate of drug-likeness (QED) is 0.205. The van der Waals surface area contributed by atoms with Gasteiger partial charge in [-0.15, -0.1) is 0 Å². The Bertz CT molecular complexity index is 663. The number of nitrogens with zero attached hydrogens (tertiary/aromatic N) is 1. The molecule has 0 spiro atoms. The number of likely N-dealkylation sites (tertiary alicyclic amines) is 1. The van der Waals surface area contributed by atoms with Crippen LogP contribution in [0.25, 0.3) is 0 Å². The molecule has 0 aromatic carbocycles. The highest BCUT2D eigenvalue weighted by Crippen LogP contribution is 2.20. The lowest BCUT2D eigenvalue weighted by molar-refractivity contribution is -0.149. The van der Waals surface area contributed by atoms with Crippen LogP contribution in [0.4, 0.5) is 0 Å². The molecule has 0 aromatic rings. The Kier molecular flexibility index (Phi) is 13.4. The number of hydrogen-bond donors (Lipinski definition) is 5. The van der Waals surface area contributed by atoms with Crippen LogP contribution in [0.5, 0.6) is 0 Å². The number of nitrogens with two attached hydrogens (primary N) is 2. The van der Waals surface area contributed by atoms with Crippen molar-refractivity contribution in [1.82, 2.24) is 15.5 Å². The Morgan fingerprint density at radius 2 is 1.76 bits per heavy atom. The van der Waals surface area contributed by atoms with E-state index in [1.807, 2.05) is 20.1 Å². The molecule has 1 saturated heterocycles. The molecule has 4 atom stereocenters. The van der Waals surface area contributed by atoms with Crippen LogP contribution in [0.2, 0.25) is 0 Å². The van der Waals surface area contributed by atoms with E-state index in [2.05, 4.69) is 10.6 Å². The van der Waals surface area contributed by atoms with Crippen LogP contribution in [0.15, 0.2) is 0 Å². The van der Waals surface area contributed by atoms with Crippen molar-refractivity contribution in [1.29, 1.82) is 0 Å². The molecule has 11 heteroatoms. The van der Waals surface area contributed by atoms with Crippen molar-refractivity contribution in [2.45, 2.75) is 83.0 Å². The lowest BCUT2D eigenvalue weighted by atomic mass is 10.0. The Morgan fingerprint density at radius 1 is 1.09 bits per heavy atom. The maximum absolute atomic E-state index is 13.2. The Hall–Kier alpha value is -1.85. The fourth-order valence-corrected chi connectivity index (χ4v) is 4.35. The minimum absolute atomic E-state index is 0.0975. The third-order valence-electron chi connectivity index (χ3n) is 5.69. The first-order valence-corrected chi connectivity index (χ1v) is 13.1. The van der Waals surface area contributed by atoms with Crippen molar-refractivity contribution in [2.24, 2.45) is 17.4 Å². The predicted octanol–water partition coefficient (Wildman–Crippen LogP) is 0.287. The molecule has 1 aliphatic rings. The first-order chi connectivity index (χ1) is 15.6. The van der Waals surface area contributed by atoms with Gasteiger partial charge in [0.15, 0.2) is 0 Å². The van der Waals surface area contributed by atoms with Gasteiger partial charge in [0, 0.05) is 6.54 Å². The second-order valence-electron chi connectivity index (χ2n) is 8.95. The number of unbranched alkanes of at least 4 members (excludes halogenated alkanes) is 1. The van der Waals surface area contributed by atoms with Crippen molar-refractivity contribution in [3.8, 4) is 0 Å². The molecule has 33 heavy (non-hydrogen) atoms. The zero-order valence-corrected chi connectivity index (χ0v) is 20.9. The molecule has 4 unspecified atom stereocenters. The van der Waals surface area contributed by atoms with Crippen LogP contribution < -0.4 is 22.1 Å². The molecule has 0 radical (unpaired) electrons. The number of hydrogen-bond acceptors (Lipinski definition) is 7. The van der Waals surface area contributed by atoms with Gasteiger partial charge in [-0.1, -0.05) is 20.3 Å². The Morgan fingerprint density at radius 3 is 2.33 bits per heavy atom. The van der Waals surface area contributed by atoms with E-state index in [1.54, 1.807) is 11.8 Å². The average molecular weight is 488 g/mol. The second-order valence-corrected chi connectivity index (χ2v) is 9.94. The van der Waals surface area contributed by atoms with Gasteiger partial charge in [-0.2, -0.15) is 11.8 Å². The van der Waals surface area contributed by atoms with Crippen molar-refractivity contribution in [2.75, 3.05) is 25.1 Å². The zero-order chi connectivity index (χ0) is 25.0. The summed E-state index contributed by atoms with van der Waals surface area (Å²) >= 11 is 1.54. The summed E-state index contributed by atoms with van der Waals surface area (Å²) in [5.41, 5.74) is 11.5. The third kappa shape index (κ3) is 9.89. The monoisotopic (exact) mass is 487 g/mol. The van der Waals surface area contributed by atoms with Gasteiger partial charge in [0.25, 0.3) is 0 Å². The predicted molar refractivity (Wildman–Crippen MR) is 130 cm³/mol. The number of rotatable bonds is 15. The zero-order valence-electron chi connectivity index (χ0n) is 20.0. The molecule has 0 saturated carbocycles. The molecule has 1 aliphatic heterocycles. The molecular weight excluding hydrogens is 446 g/mol. The summed E-state index contributed by atoms with van der Waals surface area (Å²) in [6.45, 7) is 4.74. The largest absolute Gasteiger partial charge is 0.480 e. The first-order valence-electron chi connectivity index (χ1n) is 11.7. The normalized spacial score (nSPS) is 18.6. The minimum atomic E-state index is -1.04. The van der Waals surface area contributed by atoms with Gasteiger partial charge in [0.1, 0.15) is 18.1 Å². The number of nitrogens with one attached hydrogen (secondary N) is 2. The van der Waals surface area contributed by atoms with Gasteiger partial charge in [0.2, 0.25) is 17.7 Å². The Balaban J connectivity index is 2.91. The third-order valence-corrected chi connectivity index (χ3v) is 6.34. The molecule has 10 nitrogen and oxygen atoms in total. The summed E-state index contributed by atoms with van der Waals surface area (Å²) in [5, 5.41) is 15.0. The SMILES string of the molecule is CSCCC(NC(=O)C(N)CCCCN)C(=O)NC(CC(C)C)C(=O)N1CCCC1C(=O)O. The molecule has 1 heterocycles. The summed E-state index contributed by atoms with van der Waals surface area (Å²) in [6.07, 6.45) is 5.63. The smallest absolute Gasteiger partial charge is 0.326 e. The van der Waals surface area contributed by atoms with Gasteiger partial charge in [-0.25, -0.2) is 4.79 Å². The van der Waals surface area contributed by atoms with Crippen LogP contribution in [0, 0.1) is 5.92 Å². The molecule has 0 bridgehead atoms. The molecule has 190 valence electrons. The van der Waals surface area contributed by atoms with E-state index in [-0.39, 0.29) is 5.92 Å². The lowest BCUT2D eigenvalue weighted by Gasteiger charge is -2.29. The van der Waals surface area contributed by atoms with E-state index < -0.39 is 47.9 Å². The number of aliphatic carboxylic acids is 1. The highest BCUT2D eigenvalue weighted by Gasteiger charge is 2.38. The van der Waals surface area contributed by atoms with E-state index in [0.29, 0.717) is 50.9 Å². The molecule has 1 rings (SSSR count). The number of carbonyl (C=O) groups excluding carboxylic acids is 3. The molecule has 7 N–H and O–H groups in total.